The molecule has 0 fully saturated rings. The Bertz CT molecular complexity index is 357. The number of allylic oxidation sites excluding steroid dienone is 2. The summed E-state index contributed by atoms with van der Waals surface area (Å²) in [6, 6.07) is 0. The van der Waals surface area contributed by atoms with Crippen LogP contribution in [-0.4, -0.2) is 41.0 Å². The molecule has 2 N–H and O–H groups in total. The van der Waals surface area contributed by atoms with Crippen molar-refractivity contribution in [1.29, 1.82) is 0 Å². The lowest BCUT2D eigenvalue weighted by Gasteiger charge is -2.24. The van der Waals surface area contributed by atoms with Gasteiger partial charge in [-0.3, -0.25) is 4.79 Å². The fourth-order valence-corrected chi connectivity index (χ4v) is 1.27. The van der Waals surface area contributed by atoms with E-state index in [2.05, 4.69) is 5.73 Å². The van der Waals surface area contributed by atoms with Crippen LogP contribution < -0.4 is 0 Å². The highest BCUT2D eigenvalue weighted by Crippen LogP contribution is 2.09. The molecule has 0 aliphatic heterocycles. The lowest BCUT2D eigenvalue weighted by atomic mass is 9.80. The van der Waals surface area contributed by atoms with E-state index < -0.39 is 13.1 Å². The number of hydrogen-bond donors (Lipinski definition) is 2. The van der Waals surface area contributed by atoms with E-state index in [0.29, 0.717) is 0 Å². The predicted molar refractivity (Wildman–Crippen MR) is 73.7 cm³/mol. The third-order valence-corrected chi connectivity index (χ3v) is 2.80. The van der Waals surface area contributed by atoms with E-state index in [1.165, 1.54) is 4.90 Å². The van der Waals surface area contributed by atoms with Gasteiger partial charge in [-0.05, 0) is 31.9 Å². The van der Waals surface area contributed by atoms with Gasteiger partial charge in [0.2, 0.25) is 5.91 Å². The standard InChI is InChI=1S/C13H22BNO3/c1-5-7-8-9-12(6-2)10-13(16)15(4)11(3)14(17)18/h5,7-8,11,17-18H,6,10H2,1-4H3. The van der Waals surface area contributed by atoms with Crippen LogP contribution in [0.1, 0.15) is 33.6 Å². The zero-order chi connectivity index (χ0) is 14.1. The molecule has 0 heterocycles. The van der Waals surface area contributed by atoms with E-state index in [9.17, 15) is 4.79 Å². The van der Waals surface area contributed by atoms with Crippen molar-refractivity contribution in [3.8, 4) is 0 Å². The summed E-state index contributed by atoms with van der Waals surface area (Å²) in [4.78, 5) is 13.2. The summed E-state index contributed by atoms with van der Waals surface area (Å²) in [6.07, 6.45) is 6.50. The maximum Gasteiger partial charge on any atom is 0.475 e. The van der Waals surface area contributed by atoms with E-state index in [1.807, 2.05) is 26.0 Å². The maximum atomic E-state index is 11.9. The number of hydrogen-bond acceptors (Lipinski definition) is 3. The highest BCUT2D eigenvalue weighted by molar-refractivity contribution is 6.43. The third kappa shape index (κ3) is 5.87. The molecule has 0 aromatic carbocycles. The topological polar surface area (TPSA) is 60.8 Å². The Morgan fingerprint density at radius 3 is 2.56 bits per heavy atom. The van der Waals surface area contributed by atoms with Gasteiger partial charge in [0, 0.05) is 7.05 Å². The normalized spacial score (nSPS) is 11.9. The molecule has 1 atom stereocenters. The molecule has 0 aromatic rings. The summed E-state index contributed by atoms with van der Waals surface area (Å²) in [7, 11) is 0.0432. The molecule has 0 spiro atoms. The number of carbonyl (C=O) groups excluding carboxylic acids is 1. The Hall–Kier alpha value is -1.29. The number of nitrogens with zero attached hydrogens (tertiary/aromatic N) is 1. The maximum absolute atomic E-state index is 11.9. The Morgan fingerprint density at radius 1 is 1.50 bits per heavy atom. The second-order valence-electron chi connectivity index (χ2n) is 4.13. The van der Waals surface area contributed by atoms with Gasteiger partial charge in [0.1, 0.15) is 0 Å². The Kier molecular flexibility index (Phi) is 8.13. The van der Waals surface area contributed by atoms with E-state index in [0.717, 1.165) is 12.0 Å². The lowest BCUT2D eigenvalue weighted by Crippen LogP contribution is -2.45. The fraction of sp³-hybridized carbons (Fsp3) is 0.538. The van der Waals surface area contributed by atoms with Crippen molar-refractivity contribution < 1.29 is 14.8 Å². The first-order valence-electron chi connectivity index (χ1n) is 6.11. The highest BCUT2D eigenvalue weighted by Gasteiger charge is 2.26. The predicted octanol–water partition coefficient (Wildman–Crippen LogP) is 1.30. The first-order chi connectivity index (χ1) is 8.43. The third-order valence-electron chi connectivity index (χ3n) is 2.80. The quantitative estimate of drug-likeness (QED) is 0.425. The number of carbonyl (C=O) groups is 1. The molecule has 0 aromatic heterocycles. The first kappa shape index (κ1) is 16.7. The van der Waals surface area contributed by atoms with Crippen LogP contribution in [0.15, 0.2) is 29.5 Å². The zero-order valence-electron chi connectivity index (χ0n) is 11.6. The minimum Gasteiger partial charge on any atom is -0.426 e. The van der Waals surface area contributed by atoms with Crippen molar-refractivity contribution in [2.75, 3.05) is 7.05 Å². The van der Waals surface area contributed by atoms with Gasteiger partial charge in [0.25, 0.3) is 0 Å². The van der Waals surface area contributed by atoms with Crippen molar-refractivity contribution in [1.82, 2.24) is 4.90 Å². The van der Waals surface area contributed by atoms with Gasteiger partial charge in [0.05, 0.1) is 12.4 Å². The Morgan fingerprint density at radius 2 is 2.11 bits per heavy atom. The molecule has 0 aliphatic carbocycles. The molecular formula is C13H22BNO3. The van der Waals surface area contributed by atoms with E-state index in [-0.39, 0.29) is 12.3 Å². The van der Waals surface area contributed by atoms with Crippen molar-refractivity contribution in [3.63, 3.8) is 0 Å². The Labute approximate surface area is 109 Å². The monoisotopic (exact) mass is 251 g/mol. The van der Waals surface area contributed by atoms with Crippen LogP contribution in [0.5, 0.6) is 0 Å². The average Bonchev–Trinajstić information content (AvgIpc) is 2.35. The fourth-order valence-electron chi connectivity index (χ4n) is 1.27. The molecule has 1 amide bonds. The second kappa shape index (κ2) is 8.75. The molecule has 0 aliphatic rings. The summed E-state index contributed by atoms with van der Waals surface area (Å²) in [5, 5.41) is 18.1. The summed E-state index contributed by atoms with van der Waals surface area (Å²) < 4.78 is 0. The Balaban J connectivity index is 4.67. The summed E-state index contributed by atoms with van der Waals surface area (Å²) in [5.41, 5.74) is 3.95. The summed E-state index contributed by atoms with van der Waals surface area (Å²) >= 11 is 0. The van der Waals surface area contributed by atoms with E-state index in [4.69, 9.17) is 10.0 Å². The van der Waals surface area contributed by atoms with Crippen molar-refractivity contribution in [2.45, 2.75) is 39.6 Å². The van der Waals surface area contributed by atoms with Gasteiger partial charge in [-0.25, -0.2) is 0 Å². The zero-order valence-corrected chi connectivity index (χ0v) is 11.6. The van der Waals surface area contributed by atoms with Crippen LogP contribution >= 0.6 is 0 Å². The lowest BCUT2D eigenvalue weighted by molar-refractivity contribution is -0.130. The molecular weight excluding hydrogens is 229 g/mol. The van der Waals surface area contributed by atoms with Gasteiger partial charge in [0.15, 0.2) is 0 Å². The molecule has 5 heteroatoms. The van der Waals surface area contributed by atoms with Gasteiger partial charge >= 0.3 is 7.12 Å². The van der Waals surface area contributed by atoms with Gasteiger partial charge in [-0.2, -0.15) is 0 Å². The minimum atomic E-state index is -1.52. The van der Waals surface area contributed by atoms with E-state index in [1.54, 1.807) is 20.0 Å². The number of rotatable bonds is 6. The second-order valence-corrected chi connectivity index (χ2v) is 4.13. The van der Waals surface area contributed by atoms with Crippen LogP contribution in [0.3, 0.4) is 0 Å². The van der Waals surface area contributed by atoms with Gasteiger partial charge < -0.3 is 14.9 Å². The van der Waals surface area contributed by atoms with Gasteiger partial charge in [-0.1, -0.05) is 19.1 Å². The SMILES string of the molecule is CC=CC=C=C(CC)CC(=O)N(C)C(C)B(O)O. The van der Waals surface area contributed by atoms with E-state index >= 15 is 0 Å². The molecule has 0 rings (SSSR count). The van der Waals surface area contributed by atoms with Crippen LogP contribution in [0, 0.1) is 0 Å². The molecule has 1 unspecified atom stereocenters. The van der Waals surface area contributed by atoms with Crippen LogP contribution in [0.25, 0.3) is 0 Å². The molecule has 0 bridgehead atoms. The largest absolute Gasteiger partial charge is 0.475 e. The van der Waals surface area contributed by atoms with Crippen molar-refractivity contribution in [2.24, 2.45) is 0 Å². The average molecular weight is 251 g/mol. The molecule has 18 heavy (non-hydrogen) atoms. The summed E-state index contributed by atoms with van der Waals surface area (Å²) in [6.45, 7) is 5.46. The van der Waals surface area contributed by atoms with Crippen molar-refractivity contribution in [3.05, 3.63) is 29.5 Å². The highest BCUT2D eigenvalue weighted by atomic mass is 16.4. The molecule has 0 saturated heterocycles. The van der Waals surface area contributed by atoms with Crippen molar-refractivity contribution >= 4 is 13.0 Å². The van der Waals surface area contributed by atoms with Gasteiger partial charge in [-0.15, -0.1) is 5.73 Å². The van der Waals surface area contributed by atoms with Crippen LogP contribution in [0.4, 0.5) is 0 Å². The first-order valence-corrected chi connectivity index (χ1v) is 6.11. The minimum absolute atomic E-state index is 0.145. The molecule has 0 radical (unpaired) electrons. The van der Waals surface area contributed by atoms with Crippen LogP contribution in [-0.2, 0) is 4.79 Å². The van der Waals surface area contributed by atoms with Crippen LogP contribution in [0.2, 0.25) is 0 Å². The molecule has 4 nitrogen and oxygen atoms in total. The molecule has 100 valence electrons. The molecule has 0 saturated carbocycles. The number of amides is 1. The summed E-state index contributed by atoms with van der Waals surface area (Å²) in [5.74, 6) is -0.760. The smallest absolute Gasteiger partial charge is 0.426 e.